The number of ether oxygens (including phenoxy) is 1. The summed E-state index contributed by atoms with van der Waals surface area (Å²) in [7, 11) is 1.44. The van der Waals surface area contributed by atoms with Gasteiger partial charge in [0.25, 0.3) is 11.8 Å². The fourth-order valence-electron chi connectivity index (χ4n) is 3.53. The first-order chi connectivity index (χ1) is 11.2. The molecule has 2 aliphatic rings. The molecule has 0 radical (unpaired) electrons. The number of Topliss-reactive ketones (excluding diaryl/α,β-unsaturated/α-hetero) is 1. The molecule has 1 aromatic carbocycles. The lowest BCUT2D eigenvalue weighted by molar-refractivity contribution is -0.119. The predicted molar refractivity (Wildman–Crippen MR) is 88.9 cm³/mol. The lowest BCUT2D eigenvalue weighted by atomic mass is 9.72. The Morgan fingerprint density at radius 1 is 1.33 bits per heavy atom. The second-order valence-corrected chi connectivity index (χ2v) is 7.04. The molecular weight excluding hydrogens is 308 g/mol. The number of carbonyl (C=O) groups is 3. The van der Waals surface area contributed by atoms with E-state index in [2.05, 4.69) is 0 Å². The molecule has 1 aliphatic heterocycles. The highest BCUT2D eigenvalue weighted by molar-refractivity contribution is 6.15. The molecule has 0 spiro atoms. The van der Waals surface area contributed by atoms with Crippen LogP contribution in [0.1, 0.15) is 37.0 Å². The smallest absolute Gasteiger partial charge is 0.252 e. The highest BCUT2D eigenvalue weighted by atomic mass is 16.5. The van der Waals surface area contributed by atoms with Gasteiger partial charge in [0.2, 0.25) is 0 Å². The zero-order valence-corrected chi connectivity index (χ0v) is 14.0. The van der Waals surface area contributed by atoms with Crippen molar-refractivity contribution in [2.24, 2.45) is 11.1 Å². The van der Waals surface area contributed by atoms with Gasteiger partial charge in [0.1, 0.15) is 5.75 Å². The van der Waals surface area contributed by atoms with Crippen LogP contribution in [0.15, 0.2) is 29.8 Å². The number of benzene rings is 1. The Balaban J connectivity index is 2.02. The molecule has 2 amide bonds. The molecule has 1 aromatic rings. The Kier molecular flexibility index (Phi) is 3.70. The Labute approximate surface area is 140 Å². The van der Waals surface area contributed by atoms with Crippen LogP contribution in [0.4, 0.5) is 5.69 Å². The molecule has 1 unspecified atom stereocenters. The SMILES string of the molecule is COc1cc(N2C(=O)C=C3C(=O)CC(C)(C)CC32)ccc1C(N)=O. The minimum absolute atomic E-state index is 0.0211. The number of nitrogens with zero attached hydrogens (tertiary/aromatic N) is 1. The third-order valence-electron chi connectivity index (χ3n) is 4.62. The number of methoxy groups -OCH3 is 1. The van der Waals surface area contributed by atoms with E-state index in [1.54, 1.807) is 17.0 Å². The quantitative estimate of drug-likeness (QED) is 0.916. The number of fused-ring (bicyclic) bond motifs is 1. The minimum Gasteiger partial charge on any atom is -0.496 e. The van der Waals surface area contributed by atoms with E-state index in [0.29, 0.717) is 29.9 Å². The maximum atomic E-state index is 12.5. The van der Waals surface area contributed by atoms with Gasteiger partial charge in [-0.3, -0.25) is 14.4 Å². The van der Waals surface area contributed by atoms with Crippen LogP contribution in [0.2, 0.25) is 0 Å². The molecule has 1 heterocycles. The zero-order chi connectivity index (χ0) is 17.6. The van der Waals surface area contributed by atoms with Gasteiger partial charge < -0.3 is 15.4 Å². The molecule has 0 saturated heterocycles. The molecule has 1 fully saturated rings. The van der Waals surface area contributed by atoms with Crippen molar-refractivity contribution in [3.63, 3.8) is 0 Å². The molecular formula is C18H20N2O4. The summed E-state index contributed by atoms with van der Waals surface area (Å²) in [6.45, 7) is 4.05. The second kappa shape index (κ2) is 5.47. The molecule has 1 aliphatic carbocycles. The van der Waals surface area contributed by atoms with Crippen LogP contribution in [0.3, 0.4) is 0 Å². The first kappa shape index (κ1) is 16.2. The van der Waals surface area contributed by atoms with Crippen LogP contribution in [0.25, 0.3) is 0 Å². The van der Waals surface area contributed by atoms with Crippen molar-refractivity contribution < 1.29 is 19.1 Å². The highest BCUT2D eigenvalue weighted by Gasteiger charge is 2.45. The molecule has 0 aromatic heterocycles. The standard InChI is InChI=1S/C18H20N2O4/c1-18(2)8-13-12(14(21)9-18)7-16(22)20(13)10-4-5-11(17(19)23)15(6-10)24-3/h4-7,13H,8-9H2,1-3H3,(H2,19,23). The summed E-state index contributed by atoms with van der Waals surface area (Å²) in [5, 5.41) is 0. The molecule has 24 heavy (non-hydrogen) atoms. The average Bonchev–Trinajstić information content (AvgIpc) is 2.81. The molecule has 1 saturated carbocycles. The fourth-order valence-corrected chi connectivity index (χ4v) is 3.53. The monoisotopic (exact) mass is 328 g/mol. The number of hydrogen-bond donors (Lipinski definition) is 1. The molecule has 2 N–H and O–H groups in total. The Bertz CT molecular complexity index is 779. The van der Waals surface area contributed by atoms with Gasteiger partial charge in [0.15, 0.2) is 5.78 Å². The van der Waals surface area contributed by atoms with Gasteiger partial charge in [-0.1, -0.05) is 13.8 Å². The first-order valence-electron chi connectivity index (χ1n) is 7.79. The summed E-state index contributed by atoms with van der Waals surface area (Å²) in [6.07, 6.45) is 2.58. The molecule has 6 nitrogen and oxygen atoms in total. The van der Waals surface area contributed by atoms with Gasteiger partial charge in [-0.25, -0.2) is 0 Å². The highest BCUT2D eigenvalue weighted by Crippen LogP contribution is 2.43. The van der Waals surface area contributed by atoms with E-state index >= 15 is 0 Å². The van der Waals surface area contributed by atoms with E-state index in [-0.39, 0.29) is 28.7 Å². The molecule has 1 atom stereocenters. The molecule has 126 valence electrons. The third kappa shape index (κ3) is 2.58. The normalized spacial score (nSPS) is 22.2. The number of nitrogens with two attached hydrogens (primary N) is 1. The minimum atomic E-state index is -0.598. The van der Waals surface area contributed by atoms with Crippen molar-refractivity contribution >= 4 is 23.3 Å². The largest absolute Gasteiger partial charge is 0.496 e. The summed E-state index contributed by atoms with van der Waals surface area (Å²) >= 11 is 0. The van der Waals surface area contributed by atoms with Gasteiger partial charge in [0, 0.05) is 29.8 Å². The third-order valence-corrected chi connectivity index (χ3v) is 4.62. The maximum Gasteiger partial charge on any atom is 0.252 e. The average molecular weight is 328 g/mol. The van der Waals surface area contributed by atoms with E-state index in [9.17, 15) is 14.4 Å². The topological polar surface area (TPSA) is 89.7 Å². The summed E-state index contributed by atoms with van der Waals surface area (Å²) in [4.78, 5) is 37.9. The Morgan fingerprint density at radius 2 is 2.04 bits per heavy atom. The second-order valence-electron chi connectivity index (χ2n) is 7.04. The number of ketones is 1. The molecule has 3 rings (SSSR count). The lowest BCUT2D eigenvalue weighted by Crippen LogP contribution is -2.43. The van der Waals surface area contributed by atoms with Gasteiger partial charge in [-0.2, -0.15) is 0 Å². The van der Waals surface area contributed by atoms with Crippen LogP contribution >= 0.6 is 0 Å². The van der Waals surface area contributed by atoms with Crippen molar-refractivity contribution in [2.45, 2.75) is 32.7 Å². The summed E-state index contributed by atoms with van der Waals surface area (Å²) in [5.74, 6) is -0.496. The summed E-state index contributed by atoms with van der Waals surface area (Å²) < 4.78 is 5.22. The number of carbonyl (C=O) groups excluding carboxylic acids is 3. The van der Waals surface area contributed by atoms with Gasteiger partial charge in [-0.05, 0) is 24.0 Å². The predicted octanol–water partition coefficient (Wildman–Crippen LogP) is 1.82. The van der Waals surface area contributed by atoms with E-state index in [1.807, 2.05) is 13.8 Å². The maximum absolute atomic E-state index is 12.5. The van der Waals surface area contributed by atoms with Crippen LogP contribution < -0.4 is 15.4 Å². The van der Waals surface area contributed by atoms with Gasteiger partial charge in [-0.15, -0.1) is 0 Å². The number of rotatable bonds is 3. The Hall–Kier alpha value is -2.63. The number of amides is 2. The van der Waals surface area contributed by atoms with Gasteiger partial charge in [0.05, 0.1) is 18.7 Å². The molecule has 6 heteroatoms. The van der Waals surface area contributed by atoms with E-state index in [4.69, 9.17) is 10.5 Å². The zero-order valence-electron chi connectivity index (χ0n) is 14.0. The van der Waals surface area contributed by atoms with Crippen molar-refractivity contribution in [2.75, 3.05) is 12.0 Å². The lowest BCUT2D eigenvalue weighted by Gasteiger charge is -2.38. The number of hydrogen-bond acceptors (Lipinski definition) is 4. The van der Waals surface area contributed by atoms with Gasteiger partial charge >= 0.3 is 0 Å². The van der Waals surface area contributed by atoms with Crippen LogP contribution in [0, 0.1) is 5.41 Å². The van der Waals surface area contributed by atoms with E-state index < -0.39 is 5.91 Å². The van der Waals surface area contributed by atoms with Crippen LogP contribution in [-0.2, 0) is 9.59 Å². The van der Waals surface area contributed by atoms with Crippen molar-refractivity contribution in [1.29, 1.82) is 0 Å². The summed E-state index contributed by atoms with van der Waals surface area (Å²) in [5.41, 5.74) is 6.56. The van der Waals surface area contributed by atoms with Crippen LogP contribution in [0.5, 0.6) is 5.75 Å². The van der Waals surface area contributed by atoms with Crippen molar-refractivity contribution in [3.05, 3.63) is 35.4 Å². The van der Waals surface area contributed by atoms with E-state index in [1.165, 1.54) is 19.3 Å². The first-order valence-corrected chi connectivity index (χ1v) is 7.79. The van der Waals surface area contributed by atoms with Crippen molar-refractivity contribution in [3.8, 4) is 5.75 Å². The molecule has 0 bridgehead atoms. The van der Waals surface area contributed by atoms with E-state index in [0.717, 1.165) is 0 Å². The van der Waals surface area contributed by atoms with Crippen molar-refractivity contribution in [1.82, 2.24) is 0 Å². The number of anilines is 1. The summed E-state index contributed by atoms with van der Waals surface area (Å²) in [6, 6.07) is 4.53. The Morgan fingerprint density at radius 3 is 2.67 bits per heavy atom. The van der Waals surface area contributed by atoms with Crippen LogP contribution in [-0.4, -0.2) is 30.7 Å². The number of primary amides is 1. The fraction of sp³-hybridized carbons (Fsp3) is 0.389.